The molecule has 0 heterocycles. The monoisotopic (exact) mass is 217 g/mol. The topological polar surface area (TPSA) is 26.0 Å². The van der Waals surface area contributed by atoms with Crippen LogP contribution >= 0.6 is 11.8 Å². The smallest absolute Gasteiger partial charge is 0.163 e. The average molecular weight is 217 g/mol. The molecule has 0 radical (unpaired) electrons. The van der Waals surface area contributed by atoms with E-state index in [4.69, 9.17) is 5.73 Å². The Balaban J connectivity index is 3.04. The first kappa shape index (κ1) is 11.5. The molecule has 0 aliphatic carbocycles. The van der Waals surface area contributed by atoms with Crippen LogP contribution in [0.25, 0.3) is 0 Å². The molecule has 1 aromatic carbocycles. The molecule has 0 saturated heterocycles. The molecule has 1 aromatic rings. The highest BCUT2D eigenvalue weighted by Gasteiger charge is 2.15. The molecular weight excluding hydrogens is 204 g/mol. The number of rotatable bonds is 3. The van der Waals surface area contributed by atoms with Crippen LogP contribution in [0.3, 0.4) is 0 Å². The molecule has 0 aromatic heterocycles. The van der Waals surface area contributed by atoms with Gasteiger partial charge in [0.05, 0.1) is 0 Å². The third kappa shape index (κ3) is 2.25. The lowest BCUT2D eigenvalue weighted by molar-refractivity contribution is 0.488. The van der Waals surface area contributed by atoms with Crippen LogP contribution in [0.2, 0.25) is 0 Å². The first-order valence-corrected chi connectivity index (χ1v) is 5.66. The minimum Gasteiger partial charge on any atom is -0.323 e. The summed E-state index contributed by atoms with van der Waals surface area (Å²) in [6, 6.07) is 2.66. The molecule has 0 aliphatic rings. The average Bonchev–Trinajstić information content (AvgIpc) is 2.15. The van der Waals surface area contributed by atoms with E-state index in [1.165, 1.54) is 18.7 Å². The van der Waals surface area contributed by atoms with Crippen LogP contribution in [0.5, 0.6) is 0 Å². The SMILES string of the molecule is CSCC(N)c1ccc(C)c(F)c1F. The van der Waals surface area contributed by atoms with Gasteiger partial charge in [-0.3, -0.25) is 0 Å². The Labute approximate surface area is 86.7 Å². The summed E-state index contributed by atoms with van der Waals surface area (Å²) >= 11 is 1.51. The van der Waals surface area contributed by atoms with Gasteiger partial charge in [0, 0.05) is 17.4 Å². The van der Waals surface area contributed by atoms with Gasteiger partial charge in [0.1, 0.15) is 0 Å². The van der Waals surface area contributed by atoms with Gasteiger partial charge in [-0.2, -0.15) is 11.8 Å². The van der Waals surface area contributed by atoms with Gasteiger partial charge in [-0.15, -0.1) is 0 Å². The van der Waals surface area contributed by atoms with E-state index < -0.39 is 17.7 Å². The van der Waals surface area contributed by atoms with Gasteiger partial charge in [0.15, 0.2) is 11.6 Å². The van der Waals surface area contributed by atoms with Gasteiger partial charge < -0.3 is 5.73 Å². The van der Waals surface area contributed by atoms with E-state index in [-0.39, 0.29) is 5.56 Å². The molecule has 1 unspecified atom stereocenters. The lowest BCUT2D eigenvalue weighted by Crippen LogP contribution is -2.15. The number of thioether (sulfide) groups is 1. The third-order valence-corrected chi connectivity index (χ3v) is 2.74. The van der Waals surface area contributed by atoms with E-state index in [0.29, 0.717) is 11.3 Å². The van der Waals surface area contributed by atoms with Crippen molar-refractivity contribution in [3.63, 3.8) is 0 Å². The first-order chi connectivity index (χ1) is 6.57. The molecule has 4 heteroatoms. The molecule has 0 bridgehead atoms. The molecule has 0 amide bonds. The lowest BCUT2D eigenvalue weighted by atomic mass is 10.1. The molecular formula is C10H13F2NS. The van der Waals surface area contributed by atoms with Gasteiger partial charge >= 0.3 is 0 Å². The maximum atomic E-state index is 13.4. The van der Waals surface area contributed by atoms with Crippen LogP contribution < -0.4 is 5.73 Å². The van der Waals surface area contributed by atoms with E-state index in [2.05, 4.69) is 0 Å². The van der Waals surface area contributed by atoms with Crippen LogP contribution in [-0.2, 0) is 0 Å². The highest BCUT2D eigenvalue weighted by molar-refractivity contribution is 7.98. The summed E-state index contributed by atoms with van der Waals surface area (Å²) in [6.07, 6.45) is 1.88. The number of nitrogens with two attached hydrogens (primary N) is 1. The fourth-order valence-corrected chi connectivity index (χ4v) is 1.76. The predicted molar refractivity (Wildman–Crippen MR) is 56.4 cm³/mol. The summed E-state index contributed by atoms with van der Waals surface area (Å²) in [7, 11) is 0. The Morgan fingerprint density at radius 2 is 2.00 bits per heavy atom. The highest BCUT2D eigenvalue weighted by Crippen LogP contribution is 2.22. The van der Waals surface area contributed by atoms with E-state index in [1.807, 2.05) is 6.26 Å². The van der Waals surface area contributed by atoms with Crippen molar-refractivity contribution >= 4 is 11.8 Å². The summed E-state index contributed by atoms with van der Waals surface area (Å²) in [4.78, 5) is 0. The summed E-state index contributed by atoms with van der Waals surface area (Å²) in [5, 5.41) is 0. The molecule has 1 rings (SSSR count). The Morgan fingerprint density at radius 3 is 2.57 bits per heavy atom. The van der Waals surface area contributed by atoms with Crippen LogP contribution in [0.1, 0.15) is 17.2 Å². The zero-order valence-electron chi connectivity index (χ0n) is 8.18. The Bertz CT molecular complexity index is 328. The molecule has 14 heavy (non-hydrogen) atoms. The van der Waals surface area contributed by atoms with Crippen molar-refractivity contribution in [3.05, 3.63) is 34.9 Å². The molecule has 0 spiro atoms. The Morgan fingerprint density at radius 1 is 1.36 bits per heavy atom. The molecule has 0 saturated carbocycles. The van der Waals surface area contributed by atoms with Gasteiger partial charge in [-0.05, 0) is 18.7 Å². The largest absolute Gasteiger partial charge is 0.323 e. The lowest BCUT2D eigenvalue weighted by Gasteiger charge is -2.12. The van der Waals surface area contributed by atoms with Gasteiger partial charge in [-0.25, -0.2) is 8.78 Å². The second-order valence-electron chi connectivity index (χ2n) is 3.16. The second-order valence-corrected chi connectivity index (χ2v) is 4.07. The molecule has 1 atom stereocenters. The van der Waals surface area contributed by atoms with Crippen LogP contribution in [0.15, 0.2) is 12.1 Å². The summed E-state index contributed by atoms with van der Waals surface area (Å²) < 4.78 is 26.5. The summed E-state index contributed by atoms with van der Waals surface area (Å²) in [6.45, 7) is 1.53. The molecule has 0 fully saturated rings. The fraction of sp³-hybridized carbons (Fsp3) is 0.400. The van der Waals surface area contributed by atoms with Crippen molar-refractivity contribution in [3.8, 4) is 0 Å². The van der Waals surface area contributed by atoms with E-state index in [9.17, 15) is 8.78 Å². The molecule has 1 nitrogen and oxygen atoms in total. The van der Waals surface area contributed by atoms with Crippen LogP contribution in [0, 0.1) is 18.6 Å². The normalized spacial score (nSPS) is 12.9. The maximum Gasteiger partial charge on any atom is 0.163 e. The van der Waals surface area contributed by atoms with Gasteiger partial charge in [0.25, 0.3) is 0 Å². The predicted octanol–water partition coefficient (Wildman–Crippen LogP) is 2.64. The number of benzene rings is 1. The van der Waals surface area contributed by atoms with E-state index >= 15 is 0 Å². The number of aryl methyl sites for hydroxylation is 1. The Kier molecular flexibility index (Phi) is 3.89. The van der Waals surface area contributed by atoms with Gasteiger partial charge in [-0.1, -0.05) is 12.1 Å². The summed E-state index contributed by atoms with van der Waals surface area (Å²) in [5.41, 5.74) is 6.26. The van der Waals surface area contributed by atoms with Crippen molar-refractivity contribution in [2.45, 2.75) is 13.0 Å². The molecule has 2 N–H and O–H groups in total. The van der Waals surface area contributed by atoms with Gasteiger partial charge in [0.2, 0.25) is 0 Å². The Hall–Kier alpha value is -0.610. The van der Waals surface area contributed by atoms with Crippen molar-refractivity contribution in [1.82, 2.24) is 0 Å². The van der Waals surface area contributed by atoms with E-state index in [1.54, 1.807) is 12.1 Å². The minimum atomic E-state index is -0.813. The maximum absolute atomic E-state index is 13.4. The van der Waals surface area contributed by atoms with Crippen molar-refractivity contribution in [2.24, 2.45) is 5.73 Å². The van der Waals surface area contributed by atoms with Crippen molar-refractivity contribution in [1.29, 1.82) is 0 Å². The summed E-state index contributed by atoms with van der Waals surface area (Å²) in [5.74, 6) is -1.02. The zero-order chi connectivity index (χ0) is 10.7. The second kappa shape index (κ2) is 4.75. The highest BCUT2D eigenvalue weighted by atomic mass is 32.2. The van der Waals surface area contributed by atoms with Crippen LogP contribution in [0.4, 0.5) is 8.78 Å². The van der Waals surface area contributed by atoms with E-state index in [0.717, 1.165) is 0 Å². The minimum absolute atomic E-state index is 0.252. The zero-order valence-corrected chi connectivity index (χ0v) is 9.00. The molecule has 78 valence electrons. The molecule has 0 aliphatic heterocycles. The number of halogens is 2. The third-order valence-electron chi connectivity index (χ3n) is 2.05. The van der Waals surface area contributed by atoms with Crippen molar-refractivity contribution < 1.29 is 8.78 Å². The van der Waals surface area contributed by atoms with Crippen molar-refractivity contribution in [2.75, 3.05) is 12.0 Å². The standard InChI is InChI=1S/C10H13F2NS/c1-6-3-4-7(8(13)5-14-2)10(12)9(6)11/h3-4,8H,5,13H2,1-2H3. The first-order valence-electron chi connectivity index (χ1n) is 4.27. The van der Waals surface area contributed by atoms with Crippen LogP contribution in [-0.4, -0.2) is 12.0 Å². The number of hydrogen-bond donors (Lipinski definition) is 1. The number of hydrogen-bond acceptors (Lipinski definition) is 2. The fourth-order valence-electron chi connectivity index (χ4n) is 1.22. The quantitative estimate of drug-likeness (QED) is 0.842.